The Morgan fingerprint density at radius 2 is 1.87 bits per heavy atom. The van der Waals surface area contributed by atoms with Crippen LogP contribution in [-0.4, -0.2) is 20.9 Å². The molecule has 7 heteroatoms. The molecular weight excluding hydrogens is 332 g/mol. The van der Waals surface area contributed by atoms with E-state index >= 15 is 0 Å². The second kappa shape index (κ2) is 7.72. The van der Waals surface area contributed by atoms with Crippen molar-refractivity contribution in [2.45, 2.75) is 30.5 Å². The van der Waals surface area contributed by atoms with E-state index in [1.165, 1.54) is 18.3 Å². The second-order valence-corrected chi connectivity index (χ2v) is 8.32. The van der Waals surface area contributed by atoms with E-state index in [0.29, 0.717) is 13.0 Å². The van der Waals surface area contributed by atoms with Gasteiger partial charge in [0.1, 0.15) is 4.21 Å². The first-order valence-corrected chi connectivity index (χ1v) is 9.59. The fraction of sp³-hybridized carbons (Fsp3) is 0.312. The highest BCUT2D eigenvalue weighted by Gasteiger charge is 2.20. The molecule has 1 amide bonds. The molecule has 1 unspecified atom stereocenters. The minimum absolute atomic E-state index is 0.0900. The Balaban J connectivity index is 2.02. The molecule has 0 bridgehead atoms. The molecule has 5 nitrogen and oxygen atoms in total. The summed E-state index contributed by atoms with van der Waals surface area (Å²) in [7, 11) is -3.55. The van der Waals surface area contributed by atoms with E-state index in [9.17, 15) is 13.2 Å². The fourth-order valence-corrected chi connectivity index (χ4v) is 4.70. The van der Waals surface area contributed by atoms with Crippen molar-refractivity contribution in [2.75, 3.05) is 6.54 Å². The standard InChI is InChI=1S/C16H20N2O3S2/c1-12(14-6-4-3-5-7-14)18-23(20,21)16-9-8-15(22-16)10-11-17-13(2)19/h3-9,12,18H,10-11H2,1-2H3,(H,17,19). The summed E-state index contributed by atoms with van der Waals surface area (Å²) in [6, 6.07) is 12.5. The topological polar surface area (TPSA) is 75.3 Å². The van der Waals surface area contributed by atoms with Crippen LogP contribution in [0.1, 0.15) is 30.3 Å². The molecule has 0 aliphatic heterocycles. The second-order valence-electron chi connectivity index (χ2n) is 5.21. The number of hydrogen-bond donors (Lipinski definition) is 2. The molecule has 23 heavy (non-hydrogen) atoms. The Kier molecular flexibility index (Phi) is 5.92. The van der Waals surface area contributed by atoms with Gasteiger partial charge in [0.05, 0.1) is 0 Å². The molecule has 0 aliphatic carbocycles. The molecule has 1 aromatic carbocycles. The number of thiophene rings is 1. The van der Waals surface area contributed by atoms with Crippen molar-refractivity contribution in [3.63, 3.8) is 0 Å². The predicted octanol–water partition coefficient (Wildman–Crippen LogP) is 2.47. The smallest absolute Gasteiger partial charge is 0.250 e. The van der Waals surface area contributed by atoms with Crippen molar-refractivity contribution in [2.24, 2.45) is 0 Å². The lowest BCUT2D eigenvalue weighted by Gasteiger charge is -2.13. The first-order valence-electron chi connectivity index (χ1n) is 7.29. The van der Waals surface area contributed by atoms with Gasteiger partial charge in [-0.25, -0.2) is 13.1 Å². The summed E-state index contributed by atoms with van der Waals surface area (Å²) in [5.74, 6) is -0.0900. The quantitative estimate of drug-likeness (QED) is 0.804. The molecule has 1 aromatic heterocycles. The van der Waals surface area contributed by atoms with Crippen LogP contribution in [0.5, 0.6) is 0 Å². The maximum absolute atomic E-state index is 12.4. The van der Waals surface area contributed by atoms with Gasteiger partial charge in [-0.15, -0.1) is 11.3 Å². The van der Waals surface area contributed by atoms with Crippen LogP contribution in [0.3, 0.4) is 0 Å². The molecule has 0 saturated carbocycles. The summed E-state index contributed by atoms with van der Waals surface area (Å²) in [5, 5.41) is 2.70. The van der Waals surface area contributed by atoms with E-state index in [2.05, 4.69) is 10.0 Å². The van der Waals surface area contributed by atoms with Crippen molar-refractivity contribution in [3.05, 3.63) is 52.9 Å². The number of hydrogen-bond acceptors (Lipinski definition) is 4. The molecule has 0 spiro atoms. The summed E-state index contributed by atoms with van der Waals surface area (Å²) in [6.45, 7) is 3.78. The van der Waals surface area contributed by atoms with Crippen LogP contribution in [0.15, 0.2) is 46.7 Å². The molecule has 124 valence electrons. The normalized spacial score (nSPS) is 12.8. The van der Waals surface area contributed by atoms with Crippen LogP contribution < -0.4 is 10.0 Å². The molecule has 0 saturated heterocycles. The van der Waals surface area contributed by atoms with E-state index in [1.807, 2.05) is 37.3 Å². The van der Waals surface area contributed by atoms with Gasteiger partial charge in [-0.3, -0.25) is 4.79 Å². The van der Waals surface area contributed by atoms with Crippen molar-refractivity contribution in [3.8, 4) is 0 Å². The Bertz CT molecular complexity index is 755. The number of rotatable bonds is 7. The van der Waals surface area contributed by atoms with Gasteiger partial charge in [0, 0.05) is 24.4 Å². The van der Waals surface area contributed by atoms with E-state index in [1.54, 1.807) is 12.1 Å². The predicted molar refractivity (Wildman–Crippen MR) is 91.9 cm³/mol. The summed E-state index contributed by atoms with van der Waals surface area (Å²) in [6.07, 6.45) is 0.619. The first kappa shape index (κ1) is 17.7. The third-order valence-corrected chi connectivity index (χ3v) is 6.46. The fourth-order valence-electron chi connectivity index (χ4n) is 2.10. The molecule has 0 aliphatic rings. The van der Waals surface area contributed by atoms with Crippen LogP contribution in [0.25, 0.3) is 0 Å². The van der Waals surface area contributed by atoms with Gasteiger partial charge >= 0.3 is 0 Å². The van der Waals surface area contributed by atoms with Crippen LogP contribution in [0.2, 0.25) is 0 Å². The average molecular weight is 352 g/mol. The van der Waals surface area contributed by atoms with Crippen LogP contribution in [0, 0.1) is 0 Å². The number of carbonyl (C=O) groups is 1. The van der Waals surface area contributed by atoms with Crippen LogP contribution >= 0.6 is 11.3 Å². The van der Waals surface area contributed by atoms with E-state index < -0.39 is 10.0 Å². The highest BCUT2D eigenvalue weighted by atomic mass is 32.2. The molecule has 1 heterocycles. The largest absolute Gasteiger partial charge is 0.356 e. The average Bonchev–Trinajstić information content (AvgIpc) is 2.97. The Labute approximate surface area is 140 Å². The lowest BCUT2D eigenvalue weighted by Crippen LogP contribution is -2.26. The number of benzene rings is 1. The maximum atomic E-state index is 12.4. The summed E-state index contributed by atoms with van der Waals surface area (Å²) < 4.78 is 27.9. The van der Waals surface area contributed by atoms with E-state index in [4.69, 9.17) is 0 Å². The van der Waals surface area contributed by atoms with Crippen LogP contribution in [0.4, 0.5) is 0 Å². The zero-order valence-electron chi connectivity index (χ0n) is 13.1. The molecule has 0 fully saturated rings. The molecule has 2 N–H and O–H groups in total. The first-order chi connectivity index (χ1) is 10.9. The minimum Gasteiger partial charge on any atom is -0.356 e. The summed E-state index contributed by atoms with van der Waals surface area (Å²) in [5.41, 5.74) is 0.915. The lowest BCUT2D eigenvalue weighted by molar-refractivity contribution is -0.118. The van der Waals surface area contributed by atoms with Crippen molar-refractivity contribution in [1.82, 2.24) is 10.0 Å². The van der Waals surface area contributed by atoms with Gasteiger partial charge in [-0.05, 0) is 31.0 Å². The summed E-state index contributed by atoms with van der Waals surface area (Å²) >= 11 is 1.23. The van der Waals surface area contributed by atoms with Gasteiger partial charge in [0.15, 0.2) is 0 Å². The molecule has 2 rings (SSSR count). The number of sulfonamides is 1. The minimum atomic E-state index is -3.55. The number of carbonyl (C=O) groups excluding carboxylic acids is 1. The third kappa shape index (κ3) is 5.16. The third-order valence-electron chi connectivity index (χ3n) is 3.28. The Hall–Kier alpha value is -1.70. The van der Waals surface area contributed by atoms with Gasteiger partial charge in [-0.1, -0.05) is 30.3 Å². The molecule has 2 aromatic rings. The van der Waals surface area contributed by atoms with Crippen LogP contribution in [-0.2, 0) is 21.2 Å². The Morgan fingerprint density at radius 1 is 1.17 bits per heavy atom. The zero-order valence-corrected chi connectivity index (χ0v) is 14.7. The van der Waals surface area contributed by atoms with E-state index in [0.717, 1.165) is 10.4 Å². The molecule has 0 radical (unpaired) electrons. The Morgan fingerprint density at radius 3 is 2.52 bits per heavy atom. The summed E-state index contributed by atoms with van der Waals surface area (Å²) in [4.78, 5) is 11.8. The van der Waals surface area contributed by atoms with Crippen molar-refractivity contribution in [1.29, 1.82) is 0 Å². The monoisotopic (exact) mass is 352 g/mol. The van der Waals surface area contributed by atoms with Gasteiger partial charge in [-0.2, -0.15) is 0 Å². The zero-order chi connectivity index (χ0) is 16.9. The van der Waals surface area contributed by atoms with Gasteiger partial charge in [0.2, 0.25) is 5.91 Å². The SMILES string of the molecule is CC(=O)NCCc1ccc(S(=O)(=O)NC(C)c2ccccc2)s1. The number of amides is 1. The lowest BCUT2D eigenvalue weighted by atomic mass is 10.1. The van der Waals surface area contributed by atoms with E-state index in [-0.39, 0.29) is 16.2 Å². The maximum Gasteiger partial charge on any atom is 0.250 e. The molecular formula is C16H20N2O3S2. The van der Waals surface area contributed by atoms with Crippen molar-refractivity contribution >= 4 is 27.3 Å². The highest BCUT2D eigenvalue weighted by Crippen LogP contribution is 2.24. The van der Waals surface area contributed by atoms with Crippen molar-refractivity contribution < 1.29 is 13.2 Å². The van der Waals surface area contributed by atoms with Gasteiger partial charge < -0.3 is 5.32 Å². The van der Waals surface area contributed by atoms with Gasteiger partial charge in [0.25, 0.3) is 10.0 Å². The highest BCUT2D eigenvalue weighted by molar-refractivity contribution is 7.91. The number of nitrogens with one attached hydrogen (secondary N) is 2. The molecule has 1 atom stereocenters.